The Bertz CT molecular complexity index is 483. The molecule has 0 aliphatic carbocycles. The summed E-state index contributed by atoms with van der Waals surface area (Å²) in [5.41, 5.74) is 0.481. The number of thiophene rings is 1. The minimum Gasteiger partial charge on any atom is -0.423 e. The lowest BCUT2D eigenvalue weighted by atomic mass is 9.80. The molecule has 0 unspecified atom stereocenters. The maximum atomic E-state index is 9.18. The predicted octanol–water partition coefficient (Wildman–Crippen LogP) is 1.63. The average Bonchev–Trinajstić information content (AvgIpc) is 2.42. The predicted molar refractivity (Wildman–Crippen MR) is 66.6 cm³/mol. The van der Waals surface area contributed by atoms with Crippen molar-refractivity contribution < 1.29 is 10.0 Å². The van der Waals surface area contributed by atoms with Gasteiger partial charge >= 0.3 is 7.12 Å². The first-order valence-electron chi connectivity index (χ1n) is 3.87. The first kappa shape index (κ1) is 10.5. The second kappa shape index (κ2) is 3.86. The van der Waals surface area contributed by atoms with Crippen molar-refractivity contribution in [3.05, 3.63) is 22.7 Å². The zero-order valence-electron chi connectivity index (χ0n) is 6.94. The number of halogens is 1. The molecule has 1 heterocycles. The highest BCUT2D eigenvalue weighted by Crippen LogP contribution is 2.32. The van der Waals surface area contributed by atoms with Gasteiger partial charge in [0.15, 0.2) is 0 Å². The van der Waals surface area contributed by atoms with Crippen LogP contribution in [0.3, 0.4) is 0 Å². The van der Waals surface area contributed by atoms with Crippen LogP contribution in [0.25, 0.3) is 10.1 Å². The van der Waals surface area contributed by atoms with E-state index in [2.05, 4.69) is 28.6 Å². The summed E-state index contributed by atoms with van der Waals surface area (Å²) in [6.07, 6.45) is 0. The van der Waals surface area contributed by atoms with Gasteiger partial charge in [0.2, 0.25) is 0 Å². The van der Waals surface area contributed by atoms with Gasteiger partial charge in [0.05, 0.1) is 4.21 Å². The van der Waals surface area contributed by atoms with Crippen LogP contribution in [-0.2, 0) is 0 Å². The molecule has 0 radical (unpaired) electrons. The highest BCUT2D eigenvalue weighted by Gasteiger charge is 2.21. The van der Waals surface area contributed by atoms with Crippen LogP contribution < -0.4 is 5.46 Å². The first-order valence-corrected chi connectivity index (χ1v) is 5.93. The number of hydrogen-bond donors (Lipinski definition) is 3. The van der Waals surface area contributed by atoms with E-state index < -0.39 is 7.12 Å². The molecular formula is C8H6BBrO2S2. The molecule has 1 aromatic carbocycles. The molecule has 0 saturated carbocycles. The van der Waals surface area contributed by atoms with Crippen molar-refractivity contribution in [3.8, 4) is 0 Å². The monoisotopic (exact) mass is 288 g/mol. The fourth-order valence-corrected chi connectivity index (χ4v) is 3.43. The van der Waals surface area contributed by atoms with Crippen molar-refractivity contribution in [1.29, 1.82) is 0 Å². The Hall–Kier alpha value is -0.00506. The lowest BCUT2D eigenvalue weighted by molar-refractivity contribution is 0.425. The zero-order chi connectivity index (χ0) is 10.3. The standard InChI is InChI=1S/C8H6BBrO2S2/c10-5-3-1-2-4-6(9(11)12)8(13)14-7(4)5/h1-3,11-13H. The zero-order valence-corrected chi connectivity index (χ0v) is 10.2. The summed E-state index contributed by atoms with van der Waals surface area (Å²) in [6, 6.07) is 5.63. The molecule has 0 amide bonds. The lowest BCUT2D eigenvalue weighted by Gasteiger charge is -1.98. The Morgan fingerprint density at radius 2 is 2.07 bits per heavy atom. The lowest BCUT2D eigenvalue weighted by Crippen LogP contribution is -2.30. The molecule has 2 nitrogen and oxygen atoms in total. The van der Waals surface area contributed by atoms with Gasteiger partial charge in [0.1, 0.15) is 0 Å². The van der Waals surface area contributed by atoms with Crippen LogP contribution in [0.4, 0.5) is 0 Å². The van der Waals surface area contributed by atoms with Gasteiger partial charge in [-0.25, -0.2) is 0 Å². The van der Waals surface area contributed by atoms with Crippen molar-refractivity contribution in [2.45, 2.75) is 4.21 Å². The highest BCUT2D eigenvalue weighted by molar-refractivity contribution is 9.10. The molecule has 0 bridgehead atoms. The van der Waals surface area contributed by atoms with Crippen LogP contribution in [0.15, 0.2) is 26.9 Å². The Morgan fingerprint density at radius 3 is 2.71 bits per heavy atom. The van der Waals surface area contributed by atoms with Crippen molar-refractivity contribution in [2.24, 2.45) is 0 Å². The quantitative estimate of drug-likeness (QED) is 0.551. The van der Waals surface area contributed by atoms with Gasteiger partial charge in [0, 0.05) is 14.6 Å². The van der Waals surface area contributed by atoms with Gasteiger partial charge in [-0.3, -0.25) is 0 Å². The summed E-state index contributed by atoms with van der Waals surface area (Å²) in [4.78, 5) is 0. The fourth-order valence-electron chi connectivity index (χ4n) is 1.34. The molecule has 0 atom stereocenters. The Morgan fingerprint density at radius 1 is 1.36 bits per heavy atom. The number of benzene rings is 1. The number of thiol groups is 1. The molecule has 0 saturated heterocycles. The molecule has 0 fully saturated rings. The molecule has 0 aliphatic heterocycles. The number of rotatable bonds is 1. The van der Waals surface area contributed by atoms with Crippen LogP contribution in [0.1, 0.15) is 0 Å². The third-order valence-electron chi connectivity index (χ3n) is 1.94. The number of fused-ring (bicyclic) bond motifs is 1. The van der Waals surface area contributed by atoms with Gasteiger partial charge in [-0.05, 0) is 27.4 Å². The summed E-state index contributed by atoms with van der Waals surface area (Å²) in [7, 11) is -1.47. The molecule has 2 aromatic rings. The van der Waals surface area contributed by atoms with Crippen molar-refractivity contribution >= 4 is 62.6 Å². The molecule has 14 heavy (non-hydrogen) atoms. The van der Waals surface area contributed by atoms with Gasteiger partial charge in [-0.1, -0.05) is 12.1 Å². The summed E-state index contributed by atoms with van der Waals surface area (Å²) in [6.45, 7) is 0. The van der Waals surface area contributed by atoms with Crippen LogP contribution in [0, 0.1) is 0 Å². The molecular weight excluding hydrogens is 283 g/mol. The van der Waals surface area contributed by atoms with E-state index >= 15 is 0 Å². The summed E-state index contributed by atoms with van der Waals surface area (Å²) < 4.78 is 2.57. The SMILES string of the molecule is OB(O)c1c(S)sc2c(Br)cccc12. The van der Waals surface area contributed by atoms with Gasteiger partial charge in [-0.15, -0.1) is 24.0 Å². The van der Waals surface area contributed by atoms with E-state index in [0.29, 0.717) is 9.67 Å². The normalized spacial score (nSPS) is 10.9. The van der Waals surface area contributed by atoms with Crippen molar-refractivity contribution in [1.82, 2.24) is 0 Å². The van der Waals surface area contributed by atoms with Gasteiger partial charge < -0.3 is 10.0 Å². The highest BCUT2D eigenvalue weighted by atomic mass is 79.9. The molecule has 6 heteroatoms. The second-order valence-electron chi connectivity index (χ2n) is 2.81. The van der Waals surface area contributed by atoms with E-state index in [1.165, 1.54) is 11.3 Å². The maximum absolute atomic E-state index is 9.18. The van der Waals surface area contributed by atoms with E-state index in [1.54, 1.807) is 0 Å². The first-order chi connectivity index (χ1) is 6.61. The fraction of sp³-hybridized carbons (Fsp3) is 0. The second-order valence-corrected chi connectivity index (χ2v) is 5.44. The minimum atomic E-state index is -1.47. The molecule has 2 N–H and O–H groups in total. The van der Waals surface area contributed by atoms with E-state index in [0.717, 1.165) is 14.6 Å². The third-order valence-corrected chi connectivity index (χ3v) is 4.44. The molecule has 72 valence electrons. The Balaban J connectivity index is 2.83. The maximum Gasteiger partial charge on any atom is 0.491 e. The smallest absolute Gasteiger partial charge is 0.423 e. The Labute approximate surface area is 99.3 Å². The third kappa shape index (κ3) is 1.61. The summed E-state index contributed by atoms with van der Waals surface area (Å²) in [5, 5.41) is 19.2. The van der Waals surface area contributed by atoms with Crippen molar-refractivity contribution in [3.63, 3.8) is 0 Å². The van der Waals surface area contributed by atoms with Gasteiger partial charge in [0.25, 0.3) is 0 Å². The summed E-state index contributed by atoms with van der Waals surface area (Å²) in [5.74, 6) is 0. The van der Waals surface area contributed by atoms with Gasteiger partial charge in [-0.2, -0.15) is 0 Å². The van der Waals surface area contributed by atoms with E-state index in [4.69, 9.17) is 0 Å². The van der Waals surface area contributed by atoms with E-state index in [9.17, 15) is 10.0 Å². The van der Waals surface area contributed by atoms with Crippen LogP contribution in [-0.4, -0.2) is 17.2 Å². The van der Waals surface area contributed by atoms with Crippen LogP contribution >= 0.6 is 39.9 Å². The molecule has 0 aliphatic rings. The Kier molecular flexibility index (Phi) is 2.90. The van der Waals surface area contributed by atoms with Crippen LogP contribution in [0.2, 0.25) is 0 Å². The summed E-state index contributed by atoms with van der Waals surface area (Å²) >= 11 is 9.06. The molecule has 1 aromatic heterocycles. The topological polar surface area (TPSA) is 40.5 Å². The average molecular weight is 289 g/mol. The van der Waals surface area contributed by atoms with E-state index in [1.807, 2.05) is 18.2 Å². The van der Waals surface area contributed by atoms with Crippen LogP contribution in [0.5, 0.6) is 0 Å². The van der Waals surface area contributed by atoms with E-state index in [-0.39, 0.29) is 0 Å². The minimum absolute atomic E-state index is 0.481. The largest absolute Gasteiger partial charge is 0.491 e. The number of hydrogen-bond acceptors (Lipinski definition) is 4. The van der Waals surface area contributed by atoms with Crippen molar-refractivity contribution in [2.75, 3.05) is 0 Å². The molecule has 2 rings (SSSR count). The molecule has 0 spiro atoms.